The van der Waals surface area contributed by atoms with E-state index in [0.717, 1.165) is 23.7 Å². The van der Waals surface area contributed by atoms with Crippen molar-refractivity contribution in [3.63, 3.8) is 0 Å². The minimum atomic E-state index is -0.0624. The highest BCUT2D eigenvalue weighted by Gasteiger charge is 2.42. The second-order valence-electron chi connectivity index (χ2n) is 4.56. The third-order valence-corrected chi connectivity index (χ3v) is 4.18. The number of nitrogens with two attached hydrogens (primary N) is 1. The van der Waals surface area contributed by atoms with Gasteiger partial charge in [0.05, 0.1) is 5.60 Å². The Morgan fingerprint density at radius 2 is 2.00 bits per heavy atom. The smallest absolute Gasteiger partial charge is 0.0832 e. The van der Waals surface area contributed by atoms with Crippen LogP contribution < -0.4 is 5.73 Å². The van der Waals surface area contributed by atoms with Crippen molar-refractivity contribution in [3.05, 3.63) is 34.3 Å². The molecule has 0 aromatic heterocycles. The van der Waals surface area contributed by atoms with Crippen LogP contribution in [-0.2, 0) is 11.2 Å². The standard InChI is InChI=1S/C13H18BrNO/c1-16-13(7-2-8-13)12(15)9-10-3-5-11(14)6-4-10/h3-6,12H,2,7-9,15H2,1H3. The lowest BCUT2D eigenvalue weighted by atomic mass is 9.73. The molecule has 1 saturated carbocycles. The number of ether oxygens (including phenoxy) is 1. The molecule has 1 aliphatic carbocycles. The van der Waals surface area contributed by atoms with E-state index < -0.39 is 0 Å². The maximum absolute atomic E-state index is 6.26. The van der Waals surface area contributed by atoms with Crippen molar-refractivity contribution < 1.29 is 4.74 Å². The molecule has 2 N–H and O–H groups in total. The maximum Gasteiger partial charge on any atom is 0.0832 e. The van der Waals surface area contributed by atoms with E-state index in [-0.39, 0.29) is 11.6 Å². The average Bonchev–Trinajstić information content (AvgIpc) is 2.21. The number of rotatable bonds is 4. The van der Waals surface area contributed by atoms with Crippen LogP contribution in [0.4, 0.5) is 0 Å². The van der Waals surface area contributed by atoms with Gasteiger partial charge in [0.15, 0.2) is 0 Å². The number of halogens is 1. The molecule has 1 aromatic rings. The van der Waals surface area contributed by atoms with E-state index >= 15 is 0 Å². The van der Waals surface area contributed by atoms with Gasteiger partial charge in [-0.05, 0) is 43.4 Å². The first-order valence-electron chi connectivity index (χ1n) is 5.71. The van der Waals surface area contributed by atoms with Gasteiger partial charge in [-0.3, -0.25) is 0 Å². The molecule has 16 heavy (non-hydrogen) atoms. The summed E-state index contributed by atoms with van der Waals surface area (Å²) in [5.41, 5.74) is 7.47. The summed E-state index contributed by atoms with van der Waals surface area (Å²) in [6.07, 6.45) is 4.32. The molecule has 88 valence electrons. The van der Waals surface area contributed by atoms with Gasteiger partial charge in [0.2, 0.25) is 0 Å². The minimum Gasteiger partial charge on any atom is -0.377 e. The van der Waals surface area contributed by atoms with Crippen LogP contribution in [0.3, 0.4) is 0 Å². The molecule has 0 heterocycles. The van der Waals surface area contributed by atoms with Crippen LogP contribution in [0.1, 0.15) is 24.8 Å². The Morgan fingerprint density at radius 3 is 2.44 bits per heavy atom. The van der Waals surface area contributed by atoms with Crippen LogP contribution in [0.2, 0.25) is 0 Å². The monoisotopic (exact) mass is 283 g/mol. The second kappa shape index (κ2) is 4.86. The Bertz CT molecular complexity index is 340. The third-order valence-electron chi connectivity index (χ3n) is 3.65. The van der Waals surface area contributed by atoms with Crippen LogP contribution >= 0.6 is 15.9 Å². The predicted molar refractivity (Wildman–Crippen MR) is 69.4 cm³/mol. The molecule has 2 rings (SSSR count). The Balaban J connectivity index is 2.01. The molecule has 0 bridgehead atoms. The van der Waals surface area contributed by atoms with Crippen molar-refractivity contribution in [2.24, 2.45) is 5.73 Å². The second-order valence-corrected chi connectivity index (χ2v) is 5.48. The van der Waals surface area contributed by atoms with Gasteiger partial charge in [-0.2, -0.15) is 0 Å². The number of methoxy groups -OCH3 is 1. The van der Waals surface area contributed by atoms with Gasteiger partial charge in [0.25, 0.3) is 0 Å². The molecule has 0 amide bonds. The molecule has 1 unspecified atom stereocenters. The molecule has 3 heteroatoms. The number of hydrogen-bond donors (Lipinski definition) is 1. The SMILES string of the molecule is COC1(C(N)Cc2ccc(Br)cc2)CCC1. The van der Waals surface area contributed by atoms with Gasteiger partial charge in [-0.1, -0.05) is 28.1 Å². The van der Waals surface area contributed by atoms with Gasteiger partial charge in [-0.25, -0.2) is 0 Å². The highest BCUT2D eigenvalue weighted by Crippen LogP contribution is 2.38. The molecule has 1 aromatic carbocycles. The van der Waals surface area contributed by atoms with Crippen LogP contribution in [0, 0.1) is 0 Å². The van der Waals surface area contributed by atoms with Crippen molar-refractivity contribution in [2.45, 2.75) is 37.3 Å². The van der Waals surface area contributed by atoms with Crippen LogP contribution in [0.5, 0.6) is 0 Å². The summed E-state index contributed by atoms with van der Waals surface area (Å²) in [5, 5.41) is 0. The quantitative estimate of drug-likeness (QED) is 0.922. The van der Waals surface area contributed by atoms with E-state index in [1.807, 2.05) is 0 Å². The van der Waals surface area contributed by atoms with Crippen LogP contribution in [0.15, 0.2) is 28.7 Å². The van der Waals surface area contributed by atoms with Gasteiger partial charge < -0.3 is 10.5 Å². The summed E-state index contributed by atoms with van der Waals surface area (Å²) < 4.78 is 6.70. The first-order chi connectivity index (χ1) is 7.66. The van der Waals surface area contributed by atoms with Gasteiger partial charge in [0, 0.05) is 17.6 Å². The fraction of sp³-hybridized carbons (Fsp3) is 0.538. The summed E-state index contributed by atoms with van der Waals surface area (Å²) in [4.78, 5) is 0. The topological polar surface area (TPSA) is 35.2 Å². The first kappa shape index (κ1) is 12.1. The van der Waals surface area contributed by atoms with Gasteiger partial charge >= 0.3 is 0 Å². The molecule has 0 radical (unpaired) electrons. The minimum absolute atomic E-state index is 0.0624. The molecule has 0 spiro atoms. The lowest BCUT2D eigenvalue weighted by Crippen LogP contribution is -2.55. The lowest BCUT2D eigenvalue weighted by Gasteiger charge is -2.45. The molecule has 1 fully saturated rings. The van der Waals surface area contributed by atoms with E-state index in [0.29, 0.717) is 0 Å². The molecule has 1 aliphatic rings. The van der Waals surface area contributed by atoms with Crippen molar-refractivity contribution >= 4 is 15.9 Å². The zero-order valence-electron chi connectivity index (χ0n) is 9.58. The highest BCUT2D eigenvalue weighted by atomic mass is 79.9. The van der Waals surface area contributed by atoms with Crippen molar-refractivity contribution in [1.29, 1.82) is 0 Å². The van der Waals surface area contributed by atoms with E-state index in [1.54, 1.807) is 7.11 Å². The average molecular weight is 284 g/mol. The fourth-order valence-electron chi connectivity index (χ4n) is 2.31. The molecular formula is C13H18BrNO. The Labute approximate surface area is 105 Å². The summed E-state index contributed by atoms with van der Waals surface area (Å²) in [5.74, 6) is 0. The van der Waals surface area contributed by atoms with Crippen molar-refractivity contribution in [3.8, 4) is 0 Å². The van der Waals surface area contributed by atoms with E-state index in [4.69, 9.17) is 10.5 Å². The third kappa shape index (κ3) is 2.31. The summed E-state index contributed by atoms with van der Waals surface area (Å²) in [6, 6.07) is 8.45. The van der Waals surface area contributed by atoms with Gasteiger partial charge in [-0.15, -0.1) is 0 Å². The molecule has 1 atom stereocenters. The summed E-state index contributed by atoms with van der Waals surface area (Å²) >= 11 is 3.43. The number of benzene rings is 1. The fourth-order valence-corrected chi connectivity index (χ4v) is 2.58. The summed E-state index contributed by atoms with van der Waals surface area (Å²) in [6.45, 7) is 0. The van der Waals surface area contributed by atoms with Gasteiger partial charge in [0.1, 0.15) is 0 Å². The zero-order chi connectivity index (χ0) is 11.6. The highest BCUT2D eigenvalue weighted by molar-refractivity contribution is 9.10. The maximum atomic E-state index is 6.26. The predicted octanol–water partition coefficient (Wildman–Crippen LogP) is 2.89. The first-order valence-corrected chi connectivity index (χ1v) is 6.51. The van der Waals surface area contributed by atoms with Crippen molar-refractivity contribution in [1.82, 2.24) is 0 Å². The Kier molecular flexibility index (Phi) is 3.67. The van der Waals surface area contributed by atoms with E-state index in [1.165, 1.54) is 12.0 Å². The van der Waals surface area contributed by atoms with E-state index in [2.05, 4.69) is 40.2 Å². The Hall–Kier alpha value is -0.380. The zero-order valence-corrected chi connectivity index (χ0v) is 11.2. The molecule has 0 saturated heterocycles. The lowest BCUT2D eigenvalue weighted by molar-refractivity contribution is -0.0897. The normalized spacial score (nSPS) is 20.2. The molecular weight excluding hydrogens is 266 g/mol. The number of hydrogen-bond acceptors (Lipinski definition) is 2. The largest absolute Gasteiger partial charge is 0.377 e. The van der Waals surface area contributed by atoms with Crippen molar-refractivity contribution in [2.75, 3.05) is 7.11 Å². The van der Waals surface area contributed by atoms with Crippen LogP contribution in [0.25, 0.3) is 0 Å². The van der Waals surface area contributed by atoms with Crippen LogP contribution in [-0.4, -0.2) is 18.8 Å². The van der Waals surface area contributed by atoms with E-state index in [9.17, 15) is 0 Å². The molecule has 0 aliphatic heterocycles. The molecule has 2 nitrogen and oxygen atoms in total. The summed E-state index contributed by atoms with van der Waals surface area (Å²) in [7, 11) is 1.78. The Morgan fingerprint density at radius 1 is 1.38 bits per heavy atom.